The monoisotopic (exact) mass is 260 g/mol. The number of ether oxygens (including phenoxy) is 1. The van der Waals surface area contributed by atoms with Crippen molar-refractivity contribution in [2.24, 2.45) is 0 Å². The first-order chi connectivity index (χ1) is 7.95. The molecule has 0 aromatic heterocycles. The average Bonchev–Trinajstić information content (AvgIpc) is 2.36. The van der Waals surface area contributed by atoms with Crippen molar-refractivity contribution in [3.63, 3.8) is 0 Å². The summed E-state index contributed by atoms with van der Waals surface area (Å²) in [6.07, 6.45) is 1.93. The van der Waals surface area contributed by atoms with E-state index in [1.54, 1.807) is 6.07 Å². The molecule has 0 aliphatic carbocycles. The van der Waals surface area contributed by atoms with Gasteiger partial charge in [0.05, 0.1) is 13.2 Å². The lowest BCUT2D eigenvalue weighted by Crippen LogP contribution is -2.50. The van der Waals surface area contributed by atoms with Gasteiger partial charge in [-0.25, -0.2) is 8.42 Å². The van der Waals surface area contributed by atoms with Gasteiger partial charge in [0.25, 0.3) is 0 Å². The number of hydrogen-bond acceptors (Lipinski definition) is 5. The molecule has 0 amide bonds. The highest BCUT2D eigenvalue weighted by Crippen LogP contribution is 2.23. The topological polar surface area (TPSA) is 87.5 Å². The average molecular weight is 260 g/mol. The molecule has 0 radical (unpaired) electrons. The zero-order valence-corrected chi connectivity index (χ0v) is 10.7. The van der Waals surface area contributed by atoms with Gasteiger partial charge in [0.1, 0.15) is 6.04 Å². The van der Waals surface area contributed by atoms with Gasteiger partial charge in [-0.2, -0.15) is 9.57 Å². The van der Waals surface area contributed by atoms with E-state index in [9.17, 15) is 13.2 Å². The molecule has 96 valence electrons. The lowest BCUT2D eigenvalue weighted by atomic mass is 10.1. The molecule has 7 heteroatoms. The van der Waals surface area contributed by atoms with Crippen molar-refractivity contribution in [1.82, 2.24) is 4.31 Å². The molecule has 17 heavy (non-hydrogen) atoms. The largest absolute Gasteiger partial charge is 0.468 e. The Balaban J connectivity index is 3.01. The maximum atomic E-state index is 12.0. The fraction of sp³-hybridized carbons (Fsp3) is 0.800. The Kier molecular flexibility index (Phi) is 4.48. The van der Waals surface area contributed by atoms with Crippen molar-refractivity contribution in [3.8, 4) is 6.07 Å². The molecule has 0 saturated carbocycles. The van der Waals surface area contributed by atoms with Crippen LogP contribution in [-0.4, -0.2) is 43.6 Å². The Bertz CT molecular complexity index is 426. The van der Waals surface area contributed by atoms with Crippen molar-refractivity contribution < 1.29 is 17.9 Å². The van der Waals surface area contributed by atoms with Gasteiger partial charge in [-0.1, -0.05) is 0 Å². The molecule has 6 nitrogen and oxygen atoms in total. The number of hydrogen-bond donors (Lipinski definition) is 0. The predicted molar refractivity (Wildman–Crippen MR) is 60.4 cm³/mol. The Morgan fingerprint density at radius 3 is 2.71 bits per heavy atom. The SMILES string of the molecule is COC(=O)C1CCCCN1S(=O)(=O)C(C)C#N. The second kappa shape index (κ2) is 5.47. The van der Waals surface area contributed by atoms with Crippen molar-refractivity contribution in [1.29, 1.82) is 5.26 Å². The molecule has 0 aromatic rings. The van der Waals surface area contributed by atoms with Crippen LogP contribution in [-0.2, 0) is 19.6 Å². The third-order valence-electron chi connectivity index (χ3n) is 2.88. The van der Waals surface area contributed by atoms with Crippen LogP contribution in [0.2, 0.25) is 0 Å². The number of nitriles is 1. The zero-order valence-electron chi connectivity index (χ0n) is 9.92. The first-order valence-corrected chi connectivity index (χ1v) is 6.93. The normalized spacial score (nSPS) is 23.7. The third kappa shape index (κ3) is 2.76. The molecule has 1 aliphatic rings. The van der Waals surface area contributed by atoms with Gasteiger partial charge in [-0.05, 0) is 26.2 Å². The summed E-state index contributed by atoms with van der Waals surface area (Å²) in [5.74, 6) is -0.557. The second-order valence-corrected chi connectivity index (χ2v) is 6.17. The Labute approximate surface area is 101 Å². The van der Waals surface area contributed by atoms with Crippen LogP contribution in [0.1, 0.15) is 26.2 Å². The summed E-state index contributed by atoms with van der Waals surface area (Å²) in [4.78, 5) is 11.5. The standard InChI is InChI=1S/C10H16N2O4S/c1-8(7-11)17(14,15)12-6-4-3-5-9(12)10(13)16-2/h8-9H,3-6H2,1-2H3. The lowest BCUT2D eigenvalue weighted by Gasteiger charge is -2.33. The Hall–Kier alpha value is -1.13. The highest BCUT2D eigenvalue weighted by molar-refractivity contribution is 7.90. The molecule has 0 aromatic carbocycles. The van der Waals surface area contributed by atoms with E-state index in [2.05, 4.69) is 4.74 Å². The quantitative estimate of drug-likeness (QED) is 0.679. The van der Waals surface area contributed by atoms with Crippen molar-refractivity contribution in [3.05, 3.63) is 0 Å². The molecule has 1 rings (SSSR count). The lowest BCUT2D eigenvalue weighted by molar-refractivity contribution is -0.146. The van der Waals surface area contributed by atoms with E-state index in [1.165, 1.54) is 14.0 Å². The third-order valence-corrected chi connectivity index (χ3v) is 4.97. The highest BCUT2D eigenvalue weighted by Gasteiger charge is 2.40. The minimum Gasteiger partial charge on any atom is -0.468 e. The summed E-state index contributed by atoms with van der Waals surface area (Å²) < 4.78 is 29.8. The van der Waals surface area contributed by atoms with Crippen LogP contribution >= 0.6 is 0 Å². The summed E-state index contributed by atoms with van der Waals surface area (Å²) in [6.45, 7) is 1.59. The molecule has 2 unspecified atom stereocenters. The molecule has 1 aliphatic heterocycles. The number of piperidine rings is 1. The number of carbonyl (C=O) groups excluding carboxylic acids is 1. The van der Waals surface area contributed by atoms with E-state index in [0.29, 0.717) is 12.8 Å². The fourth-order valence-corrected chi connectivity index (χ4v) is 3.32. The van der Waals surface area contributed by atoms with Crippen LogP contribution in [0.15, 0.2) is 0 Å². The van der Waals surface area contributed by atoms with Crippen molar-refractivity contribution in [2.75, 3.05) is 13.7 Å². The van der Waals surface area contributed by atoms with Gasteiger partial charge in [0.2, 0.25) is 10.0 Å². The number of methoxy groups -OCH3 is 1. The predicted octanol–water partition coefficient (Wildman–Crippen LogP) is 0.256. The number of esters is 1. The second-order valence-electron chi connectivity index (χ2n) is 3.96. The van der Waals surface area contributed by atoms with Crippen molar-refractivity contribution in [2.45, 2.75) is 37.5 Å². The van der Waals surface area contributed by atoms with E-state index in [4.69, 9.17) is 5.26 Å². The summed E-state index contributed by atoms with van der Waals surface area (Å²) in [6, 6.07) is 0.915. The van der Waals surface area contributed by atoms with Gasteiger partial charge in [0, 0.05) is 6.54 Å². The van der Waals surface area contributed by atoms with Crippen LogP contribution in [0.4, 0.5) is 0 Å². The van der Waals surface area contributed by atoms with Crippen LogP contribution < -0.4 is 0 Å². The van der Waals surface area contributed by atoms with Gasteiger partial charge >= 0.3 is 5.97 Å². The molecular weight excluding hydrogens is 244 g/mol. The van der Waals surface area contributed by atoms with E-state index in [-0.39, 0.29) is 6.54 Å². The van der Waals surface area contributed by atoms with Crippen LogP contribution in [0.3, 0.4) is 0 Å². The maximum Gasteiger partial charge on any atom is 0.324 e. The smallest absolute Gasteiger partial charge is 0.324 e. The summed E-state index contributed by atoms with van der Waals surface area (Å²) in [7, 11) is -2.51. The molecule has 1 fully saturated rings. The minimum absolute atomic E-state index is 0.272. The molecule has 0 N–H and O–H groups in total. The summed E-state index contributed by atoms with van der Waals surface area (Å²) in [5, 5.41) is 7.57. The summed E-state index contributed by atoms with van der Waals surface area (Å²) >= 11 is 0. The zero-order chi connectivity index (χ0) is 13.1. The van der Waals surface area contributed by atoms with E-state index < -0.39 is 27.3 Å². The number of rotatable bonds is 3. The van der Waals surface area contributed by atoms with Crippen LogP contribution in [0, 0.1) is 11.3 Å². The molecule has 0 bridgehead atoms. The number of carbonyl (C=O) groups is 1. The molecule has 0 spiro atoms. The fourth-order valence-electron chi connectivity index (χ4n) is 1.85. The molecular formula is C10H16N2O4S. The van der Waals surface area contributed by atoms with Crippen LogP contribution in [0.5, 0.6) is 0 Å². The first-order valence-electron chi connectivity index (χ1n) is 5.43. The van der Waals surface area contributed by atoms with Gasteiger partial charge in [-0.3, -0.25) is 4.79 Å². The molecule has 1 saturated heterocycles. The number of sulfonamides is 1. The summed E-state index contributed by atoms with van der Waals surface area (Å²) in [5.41, 5.74) is 0. The Morgan fingerprint density at radius 1 is 1.53 bits per heavy atom. The van der Waals surface area contributed by atoms with E-state index in [1.807, 2.05) is 0 Å². The van der Waals surface area contributed by atoms with Gasteiger partial charge in [0.15, 0.2) is 5.25 Å². The van der Waals surface area contributed by atoms with Crippen LogP contribution in [0.25, 0.3) is 0 Å². The minimum atomic E-state index is -3.74. The molecule has 2 atom stereocenters. The van der Waals surface area contributed by atoms with Gasteiger partial charge in [-0.15, -0.1) is 0 Å². The first kappa shape index (κ1) is 13.9. The molecule has 1 heterocycles. The highest BCUT2D eigenvalue weighted by atomic mass is 32.2. The Morgan fingerprint density at radius 2 is 2.18 bits per heavy atom. The maximum absolute atomic E-state index is 12.0. The van der Waals surface area contributed by atoms with E-state index >= 15 is 0 Å². The van der Waals surface area contributed by atoms with Crippen molar-refractivity contribution >= 4 is 16.0 Å². The van der Waals surface area contributed by atoms with Gasteiger partial charge < -0.3 is 4.74 Å². The van der Waals surface area contributed by atoms with E-state index in [0.717, 1.165) is 10.7 Å². The number of nitrogens with zero attached hydrogens (tertiary/aromatic N) is 2.